The summed E-state index contributed by atoms with van der Waals surface area (Å²) in [6, 6.07) is 19.5. The predicted molar refractivity (Wildman–Crippen MR) is 138 cm³/mol. The molecule has 1 amide bonds. The van der Waals surface area contributed by atoms with Crippen molar-refractivity contribution in [3.63, 3.8) is 0 Å². The van der Waals surface area contributed by atoms with Gasteiger partial charge in [-0.1, -0.05) is 74.5 Å². The van der Waals surface area contributed by atoms with E-state index in [0.717, 1.165) is 20.8 Å². The fraction of sp³-hybridized carbons (Fsp3) is 0.259. The molecule has 0 aliphatic heterocycles. The molecule has 4 rings (SSSR count). The third kappa shape index (κ3) is 4.93. The van der Waals surface area contributed by atoms with Gasteiger partial charge in [-0.2, -0.15) is 0 Å². The van der Waals surface area contributed by atoms with Gasteiger partial charge < -0.3 is 9.84 Å². The van der Waals surface area contributed by atoms with Crippen molar-refractivity contribution in [3.8, 4) is 0 Å². The van der Waals surface area contributed by atoms with E-state index in [1.54, 1.807) is 42.5 Å². The zero-order valence-electron chi connectivity index (χ0n) is 20.5. The van der Waals surface area contributed by atoms with Crippen LogP contribution in [0.1, 0.15) is 37.7 Å². The van der Waals surface area contributed by atoms with E-state index in [1.807, 2.05) is 58.9 Å². The van der Waals surface area contributed by atoms with Crippen LogP contribution in [-0.2, 0) is 20.2 Å². The summed E-state index contributed by atoms with van der Waals surface area (Å²) in [7, 11) is -4.10. The molecule has 0 fully saturated rings. The summed E-state index contributed by atoms with van der Waals surface area (Å²) in [5.41, 5.74) is 1.87. The molecule has 1 aromatic heterocycles. The Morgan fingerprint density at radius 3 is 2.40 bits per heavy atom. The zero-order valence-corrected chi connectivity index (χ0v) is 21.3. The first-order valence-electron chi connectivity index (χ1n) is 11.3. The quantitative estimate of drug-likeness (QED) is 0.380. The van der Waals surface area contributed by atoms with Gasteiger partial charge in [-0.25, -0.2) is 8.42 Å². The van der Waals surface area contributed by atoms with Crippen molar-refractivity contribution < 1.29 is 17.7 Å². The molecule has 0 bridgehead atoms. The number of sulfonamides is 1. The minimum atomic E-state index is -4.10. The number of carbonyl (C=O) groups excluding carboxylic acids is 1. The van der Waals surface area contributed by atoms with E-state index in [9.17, 15) is 13.2 Å². The minimum absolute atomic E-state index is 0.140. The van der Waals surface area contributed by atoms with E-state index in [-0.39, 0.29) is 16.1 Å². The van der Waals surface area contributed by atoms with E-state index in [0.29, 0.717) is 16.8 Å². The molecule has 0 aliphatic rings. The van der Waals surface area contributed by atoms with Crippen molar-refractivity contribution in [2.75, 3.05) is 16.2 Å². The van der Waals surface area contributed by atoms with Gasteiger partial charge in [0.1, 0.15) is 12.3 Å². The number of carbonyl (C=O) groups is 1. The van der Waals surface area contributed by atoms with Crippen LogP contribution in [0.15, 0.2) is 76.1 Å². The number of anilines is 2. The van der Waals surface area contributed by atoms with Gasteiger partial charge in [0.25, 0.3) is 10.0 Å². The van der Waals surface area contributed by atoms with Gasteiger partial charge >= 0.3 is 0 Å². The fourth-order valence-electron chi connectivity index (χ4n) is 3.85. The molecule has 0 saturated heterocycles. The molecule has 3 aromatic carbocycles. The van der Waals surface area contributed by atoms with Gasteiger partial charge in [-0.05, 0) is 42.5 Å². The molecule has 35 heavy (non-hydrogen) atoms. The van der Waals surface area contributed by atoms with E-state index in [4.69, 9.17) is 4.52 Å². The highest BCUT2D eigenvalue weighted by molar-refractivity contribution is 7.93. The monoisotopic (exact) mass is 491 g/mol. The minimum Gasteiger partial charge on any atom is -0.359 e. The highest BCUT2D eigenvalue weighted by Crippen LogP contribution is 2.32. The van der Waals surface area contributed by atoms with Gasteiger partial charge in [-0.15, -0.1) is 0 Å². The normalized spacial score (nSPS) is 12.0. The molecular formula is C27H29N3O4S. The van der Waals surface area contributed by atoms with Crippen LogP contribution in [0.25, 0.3) is 10.8 Å². The maximum atomic E-state index is 14.0. The SMILES string of the molecule is Cc1cccc(N(CC(=O)Nc2cc(C(C)(C)C)on2)S(=O)(=O)c2cccc3ccccc23)c1C. The molecule has 0 aliphatic carbocycles. The Labute approximate surface area is 205 Å². The maximum absolute atomic E-state index is 14.0. The third-order valence-corrected chi connectivity index (χ3v) is 7.78. The summed E-state index contributed by atoms with van der Waals surface area (Å²) in [5, 5.41) is 8.00. The molecule has 0 radical (unpaired) electrons. The van der Waals surface area contributed by atoms with Crippen molar-refractivity contribution in [3.05, 3.63) is 83.6 Å². The number of benzene rings is 3. The van der Waals surface area contributed by atoms with Gasteiger partial charge in [0.05, 0.1) is 10.6 Å². The highest BCUT2D eigenvalue weighted by atomic mass is 32.2. The fourth-order valence-corrected chi connectivity index (χ4v) is 5.54. The number of aryl methyl sites for hydroxylation is 1. The predicted octanol–water partition coefficient (Wildman–Crippen LogP) is 5.58. The average molecular weight is 492 g/mol. The Hall–Kier alpha value is -3.65. The molecule has 7 nitrogen and oxygen atoms in total. The number of hydrogen-bond donors (Lipinski definition) is 1. The second kappa shape index (κ2) is 9.19. The van der Waals surface area contributed by atoms with Crippen LogP contribution < -0.4 is 9.62 Å². The highest BCUT2D eigenvalue weighted by Gasteiger charge is 2.30. The lowest BCUT2D eigenvalue weighted by Crippen LogP contribution is -2.38. The maximum Gasteiger partial charge on any atom is 0.265 e. The van der Waals surface area contributed by atoms with Crippen LogP contribution >= 0.6 is 0 Å². The second-order valence-electron chi connectivity index (χ2n) is 9.58. The molecule has 0 atom stereocenters. The standard InChI is InChI=1S/C27H29N3O4S/c1-18-10-8-14-22(19(18)2)30(17-26(31)28-25-16-24(34-29-25)27(3,4)5)35(32,33)23-15-9-12-20-11-6-7-13-21(20)23/h6-16H,17H2,1-5H3,(H,28,29,31). The number of nitrogens with zero attached hydrogens (tertiary/aromatic N) is 2. The van der Waals surface area contributed by atoms with Crippen molar-refractivity contribution >= 4 is 38.2 Å². The zero-order chi connectivity index (χ0) is 25.4. The van der Waals surface area contributed by atoms with Crippen LogP contribution in [0.4, 0.5) is 11.5 Å². The number of fused-ring (bicyclic) bond motifs is 1. The molecule has 182 valence electrons. The van der Waals surface area contributed by atoms with E-state index < -0.39 is 22.5 Å². The van der Waals surface area contributed by atoms with Crippen molar-refractivity contribution in [1.29, 1.82) is 0 Å². The second-order valence-corrected chi connectivity index (χ2v) is 11.4. The van der Waals surface area contributed by atoms with Crippen LogP contribution in [0.3, 0.4) is 0 Å². The lowest BCUT2D eigenvalue weighted by molar-refractivity contribution is -0.114. The number of aromatic nitrogens is 1. The van der Waals surface area contributed by atoms with Gasteiger partial charge in [-0.3, -0.25) is 9.10 Å². The van der Waals surface area contributed by atoms with Crippen LogP contribution in [0.2, 0.25) is 0 Å². The van der Waals surface area contributed by atoms with Gasteiger partial charge in [0.15, 0.2) is 5.82 Å². The summed E-state index contributed by atoms with van der Waals surface area (Å²) >= 11 is 0. The Bertz CT molecular complexity index is 1500. The lowest BCUT2D eigenvalue weighted by Gasteiger charge is -2.26. The smallest absolute Gasteiger partial charge is 0.265 e. The van der Waals surface area contributed by atoms with Crippen molar-refractivity contribution in [2.24, 2.45) is 0 Å². The Kier molecular flexibility index (Phi) is 6.42. The van der Waals surface area contributed by atoms with E-state index >= 15 is 0 Å². The topological polar surface area (TPSA) is 92.5 Å². The first-order valence-corrected chi connectivity index (χ1v) is 12.8. The Balaban J connectivity index is 1.75. The van der Waals surface area contributed by atoms with Crippen LogP contribution in [0, 0.1) is 13.8 Å². The van der Waals surface area contributed by atoms with Crippen LogP contribution in [0.5, 0.6) is 0 Å². The van der Waals surface area contributed by atoms with Crippen molar-refractivity contribution in [2.45, 2.75) is 44.9 Å². The summed E-state index contributed by atoms with van der Waals surface area (Å²) in [5.74, 6) is 0.328. The van der Waals surface area contributed by atoms with E-state index in [1.165, 1.54) is 0 Å². The molecule has 8 heteroatoms. The summed E-state index contributed by atoms with van der Waals surface area (Å²) in [6.45, 7) is 9.24. The third-order valence-electron chi connectivity index (χ3n) is 5.97. The lowest BCUT2D eigenvalue weighted by atomic mass is 9.93. The summed E-state index contributed by atoms with van der Waals surface area (Å²) < 4.78 is 34.6. The largest absolute Gasteiger partial charge is 0.359 e. The molecule has 0 spiro atoms. The van der Waals surface area contributed by atoms with Gasteiger partial charge in [0.2, 0.25) is 5.91 Å². The van der Waals surface area contributed by atoms with E-state index in [2.05, 4.69) is 10.5 Å². The number of amides is 1. The molecular weight excluding hydrogens is 462 g/mol. The van der Waals surface area contributed by atoms with Crippen LogP contribution in [-0.4, -0.2) is 26.0 Å². The van der Waals surface area contributed by atoms with Crippen molar-refractivity contribution in [1.82, 2.24) is 5.16 Å². The molecule has 1 heterocycles. The summed E-state index contributed by atoms with van der Waals surface area (Å²) in [6.07, 6.45) is 0. The Morgan fingerprint density at radius 2 is 1.69 bits per heavy atom. The number of rotatable bonds is 6. The summed E-state index contributed by atoms with van der Waals surface area (Å²) in [4.78, 5) is 13.2. The van der Waals surface area contributed by atoms with Gasteiger partial charge in [0, 0.05) is 16.9 Å². The average Bonchev–Trinajstić information content (AvgIpc) is 3.28. The first kappa shape index (κ1) is 24.5. The first-order chi connectivity index (χ1) is 16.5. The number of nitrogens with one attached hydrogen (secondary N) is 1. The molecule has 0 unspecified atom stereocenters. The molecule has 4 aromatic rings. The number of hydrogen-bond acceptors (Lipinski definition) is 5. The molecule has 0 saturated carbocycles. The molecule has 1 N–H and O–H groups in total. The Morgan fingerprint density at radius 1 is 1.00 bits per heavy atom.